The molecule has 5 rings (SSSR count). The molecule has 0 radical (unpaired) electrons. The van der Waals surface area contributed by atoms with Gasteiger partial charge in [-0.25, -0.2) is 33.0 Å². The van der Waals surface area contributed by atoms with Crippen LogP contribution in [0.15, 0.2) is 67.0 Å². The molecule has 4 amide bonds. The van der Waals surface area contributed by atoms with Crippen LogP contribution in [-0.4, -0.2) is 131 Å². The summed E-state index contributed by atoms with van der Waals surface area (Å²) < 4.78 is 155. The molecule has 420 valence electrons. The molecule has 1 aliphatic heterocycles. The maximum atomic E-state index is 16.0. The minimum atomic E-state index is -5.23. The fourth-order valence-corrected chi connectivity index (χ4v) is 8.08. The van der Waals surface area contributed by atoms with Crippen LogP contribution in [0.4, 0.5) is 59.3 Å². The van der Waals surface area contributed by atoms with Gasteiger partial charge in [0.1, 0.15) is 29.5 Å². The van der Waals surface area contributed by atoms with E-state index < -0.39 is 115 Å². The van der Waals surface area contributed by atoms with E-state index in [-0.39, 0.29) is 33.6 Å². The van der Waals surface area contributed by atoms with Crippen LogP contribution in [0.3, 0.4) is 0 Å². The van der Waals surface area contributed by atoms with Crippen LogP contribution in [0, 0.1) is 34.3 Å². The molecule has 2 aromatic carbocycles. The molecule has 1 saturated heterocycles. The van der Waals surface area contributed by atoms with Crippen LogP contribution in [0.1, 0.15) is 70.3 Å². The molecule has 0 aliphatic carbocycles. The van der Waals surface area contributed by atoms with Gasteiger partial charge in [-0.1, -0.05) is 24.0 Å². The molecule has 4 aromatic rings. The number of benzene rings is 2. The van der Waals surface area contributed by atoms with Crippen molar-refractivity contribution in [2.24, 2.45) is 10.8 Å². The molecule has 1 aliphatic rings. The van der Waals surface area contributed by atoms with Crippen molar-refractivity contribution in [3.8, 4) is 23.1 Å². The molecular weight excluding hydrogens is 1040 g/mol. The number of anilines is 1. The van der Waals surface area contributed by atoms with Crippen LogP contribution < -0.4 is 31.6 Å². The smallest absolute Gasteiger partial charge is 0.407 e. The number of ether oxygens (including phenoxy) is 2. The third-order valence-corrected chi connectivity index (χ3v) is 12.8. The second-order valence-electron chi connectivity index (χ2n) is 19.4. The quantitative estimate of drug-likeness (QED) is 0.0348. The molecule has 6 atom stereocenters. The van der Waals surface area contributed by atoms with Gasteiger partial charge >= 0.3 is 31.1 Å². The summed E-state index contributed by atoms with van der Waals surface area (Å²) >= 11 is 0. The molecule has 3 heterocycles. The molecule has 1 fully saturated rings. The number of pyridine rings is 1. The lowest BCUT2D eigenvalue weighted by Crippen LogP contribution is -2.63. The molecule has 77 heavy (non-hydrogen) atoms. The third-order valence-electron chi connectivity index (χ3n) is 12.8. The summed E-state index contributed by atoms with van der Waals surface area (Å²) in [5, 5.41) is 25.4. The number of nitrogens with one attached hydrogen (secondary N) is 5. The topological polar surface area (TPSA) is 204 Å². The average molecular weight is 1100 g/mol. The first kappa shape index (κ1) is 60.7. The Hall–Kier alpha value is -7.18. The monoisotopic (exact) mass is 1100 g/mol. The largest absolute Gasteiger partial charge is 0.453 e. The first-order valence-corrected chi connectivity index (χ1v) is 23.6. The van der Waals surface area contributed by atoms with E-state index in [4.69, 9.17) is 0 Å². The molecule has 27 heteroatoms. The molecular formula is C50H58F10N10O7. The Morgan fingerprint density at radius 2 is 1.31 bits per heavy atom. The van der Waals surface area contributed by atoms with Gasteiger partial charge in [-0.15, -0.1) is 0 Å². The second-order valence-corrected chi connectivity index (χ2v) is 19.4. The van der Waals surface area contributed by atoms with E-state index in [1.165, 1.54) is 24.3 Å². The van der Waals surface area contributed by atoms with Crippen molar-refractivity contribution in [2.75, 3.05) is 38.8 Å². The van der Waals surface area contributed by atoms with E-state index >= 15 is 8.78 Å². The number of piperazine rings is 1. The number of alkyl carbamates (subject to hydrolysis) is 2. The van der Waals surface area contributed by atoms with E-state index in [1.807, 2.05) is 16.8 Å². The van der Waals surface area contributed by atoms with Crippen molar-refractivity contribution >= 4 is 29.8 Å². The first-order chi connectivity index (χ1) is 35.8. The van der Waals surface area contributed by atoms with Gasteiger partial charge in [-0.2, -0.15) is 40.2 Å². The Bertz CT molecular complexity index is 2730. The number of halogens is 10. The minimum absolute atomic E-state index is 0.196. The van der Waals surface area contributed by atoms with Gasteiger partial charge in [0.25, 0.3) is 5.91 Å². The number of hydrogen-bond acceptors (Lipinski definition) is 12. The number of carbonyl (C=O) groups excluding carboxylic acids is 4. The Morgan fingerprint density at radius 1 is 0.792 bits per heavy atom. The normalized spacial score (nSPS) is 16.9. The predicted molar refractivity (Wildman–Crippen MR) is 258 cm³/mol. The van der Waals surface area contributed by atoms with E-state index in [0.717, 1.165) is 45.4 Å². The van der Waals surface area contributed by atoms with Crippen molar-refractivity contribution < 1.29 is 77.7 Å². The van der Waals surface area contributed by atoms with Gasteiger partial charge in [0.15, 0.2) is 0 Å². The van der Waals surface area contributed by atoms with E-state index in [2.05, 4.69) is 60.8 Å². The highest BCUT2D eigenvalue weighted by Gasteiger charge is 2.57. The minimum Gasteiger partial charge on any atom is -0.453 e. The average Bonchev–Trinajstić information content (AvgIpc) is 3.86. The van der Waals surface area contributed by atoms with Crippen LogP contribution in [0.2, 0.25) is 0 Å². The maximum Gasteiger partial charge on any atom is 0.407 e. The number of aliphatic hydroxyl groups is 1. The summed E-state index contributed by atoms with van der Waals surface area (Å²) in [6.07, 6.45) is -13.6. The van der Waals surface area contributed by atoms with Crippen molar-refractivity contribution in [1.29, 1.82) is 0 Å². The SMILES string of the molecule is COC(=O)NC(C(=O)N[C@@H](Cc1ccc(C#Cc2ccc(N3CC(C)NC(C)C3)nc2)cc1)[C@@H](O)CN(Cc1c(F)cc(-c2ccn(C(F)F)n2)cc1F)NC(=O)[C@@H](NC(=O)OC)C(C)(C)C(F)(F)F)C(C)(C)C(F)(F)F. The summed E-state index contributed by atoms with van der Waals surface area (Å²) in [6.45, 7) is 2.50. The molecule has 0 bridgehead atoms. The number of amides is 4. The van der Waals surface area contributed by atoms with E-state index in [9.17, 15) is 59.4 Å². The van der Waals surface area contributed by atoms with Gasteiger partial charge < -0.3 is 40.7 Å². The molecule has 17 nitrogen and oxygen atoms in total. The third kappa shape index (κ3) is 15.5. The number of rotatable bonds is 18. The Morgan fingerprint density at radius 3 is 1.79 bits per heavy atom. The number of carbonyl (C=O) groups is 4. The number of aromatic nitrogens is 3. The van der Waals surface area contributed by atoms with E-state index in [1.54, 1.807) is 17.6 Å². The lowest BCUT2D eigenvalue weighted by molar-refractivity contribution is -0.221. The Kier molecular flexibility index (Phi) is 19.6. The Labute approximate surface area is 436 Å². The zero-order valence-corrected chi connectivity index (χ0v) is 42.8. The number of methoxy groups -OCH3 is 2. The molecule has 3 unspecified atom stereocenters. The van der Waals surface area contributed by atoms with Gasteiger partial charge in [-0.3, -0.25) is 15.0 Å². The summed E-state index contributed by atoms with van der Waals surface area (Å²) in [4.78, 5) is 59.4. The standard InChI is InChI=1S/C50H58F10N10O7/c1-27-23-68(24-28(2)62-27)39-16-15-31(22-61-39)14-11-29-9-12-30(13-10-29)19-37(63-42(72)40(64-45(74)76-7)47(3,4)49(55,56)57)38(71)26-69(67-43(73)41(65-46(75)77-8)48(5,6)50(58,59)60)25-33-34(51)20-32(21-35(33)52)36-17-18-70(66-36)44(53)54/h9-10,12-13,15-18,20-22,27-28,37-38,40-41,44,62,71H,19,23-26H2,1-8H3,(H,63,72)(H,64,74)(H,65,75)(H,67,73)/t27?,28?,37-,38-,40?,41+/m0/s1. The van der Waals surface area contributed by atoms with Crippen LogP contribution >= 0.6 is 0 Å². The molecule has 6 N–H and O–H groups in total. The van der Waals surface area contributed by atoms with Gasteiger partial charge in [0.05, 0.1) is 42.9 Å². The fourth-order valence-electron chi connectivity index (χ4n) is 8.08. The summed E-state index contributed by atoms with van der Waals surface area (Å²) in [6, 6.07) is 5.70. The highest BCUT2D eigenvalue weighted by molar-refractivity contribution is 5.87. The zero-order valence-electron chi connectivity index (χ0n) is 42.8. The summed E-state index contributed by atoms with van der Waals surface area (Å²) in [5.41, 5.74) is -4.45. The zero-order chi connectivity index (χ0) is 57.4. The van der Waals surface area contributed by atoms with Gasteiger partial charge in [0, 0.05) is 72.9 Å². The van der Waals surface area contributed by atoms with Crippen molar-refractivity contribution in [2.45, 2.75) is 110 Å². The number of hydrazine groups is 1. The number of aliphatic hydroxyl groups excluding tert-OH is 1. The number of nitrogens with zero attached hydrogens (tertiary/aromatic N) is 5. The first-order valence-electron chi connectivity index (χ1n) is 23.6. The fraction of sp³-hybridized carbons (Fsp3) is 0.480. The van der Waals surface area contributed by atoms with Crippen LogP contribution in [0.25, 0.3) is 11.3 Å². The summed E-state index contributed by atoms with van der Waals surface area (Å²) in [5.74, 6) is 0.659. The maximum absolute atomic E-state index is 16.0. The predicted octanol–water partition coefficient (Wildman–Crippen LogP) is 6.75. The molecule has 0 saturated carbocycles. The molecule has 0 spiro atoms. The summed E-state index contributed by atoms with van der Waals surface area (Å²) in [7, 11) is 1.60. The highest BCUT2D eigenvalue weighted by atomic mass is 19.4. The van der Waals surface area contributed by atoms with Crippen LogP contribution in [-0.2, 0) is 32.0 Å². The Balaban J connectivity index is 1.53. The van der Waals surface area contributed by atoms with Crippen molar-refractivity contribution in [3.63, 3.8) is 0 Å². The van der Waals surface area contributed by atoms with Crippen LogP contribution in [0.5, 0.6) is 0 Å². The second kappa shape index (κ2) is 24.9. The lowest BCUT2D eigenvalue weighted by atomic mass is 9.82. The highest BCUT2D eigenvalue weighted by Crippen LogP contribution is 2.42. The number of alkyl halides is 8. The van der Waals surface area contributed by atoms with Crippen molar-refractivity contribution in [3.05, 3.63) is 101 Å². The van der Waals surface area contributed by atoms with Crippen molar-refractivity contribution in [1.82, 2.24) is 46.5 Å². The number of hydrogen-bond donors (Lipinski definition) is 6. The molecule has 2 aromatic heterocycles. The van der Waals surface area contributed by atoms with Gasteiger partial charge in [-0.05, 0) is 96.0 Å². The van der Waals surface area contributed by atoms with E-state index in [0.29, 0.717) is 56.0 Å². The van der Waals surface area contributed by atoms with Gasteiger partial charge in [0.2, 0.25) is 5.91 Å². The lowest BCUT2D eigenvalue weighted by Gasteiger charge is -2.38.